The maximum absolute atomic E-state index is 11.5. The van der Waals surface area contributed by atoms with Crippen LogP contribution in [0.25, 0.3) is 0 Å². The molecule has 5 heteroatoms. The van der Waals surface area contributed by atoms with Crippen LogP contribution in [-0.2, 0) is 9.53 Å². The van der Waals surface area contributed by atoms with Crippen LogP contribution in [0.4, 0.5) is 0 Å². The number of hydrogen-bond donors (Lipinski definition) is 0. The van der Waals surface area contributed by atoms with Crippen LogP contribution in [0.2, 0.25) is 5.02 Å². The van der Waals surface area contributed by atoms with Crippen LogP contribution in [0.15, 0.2) is 22.7 Å². The normalized spacial score (nSPS) is 9.80. The van der Waals surface area contributed by atoms with Gasteiger partial charge in [-0.1, -0.05) is 27.5 Å². The Morgan fingerprint density at radius 2 is 2.07 bits per heavy atom. The molecule has 15 heavy (non-hydrogen) atoms. The molecular formula is C10H8BrClO3. The van der Waals surface area contributed by atoms with Crippen molar-refractivity contribution in [3.8, 4) is 0 Å². The number of carbonyl (C=O) groups excluding carboxylic acids is 2. The molecule has 0 saturated carbocycles. The van der Waals surface area contributed by atoms with Gasteiger partial charge in [-0.3, -0.25) is 4.79 Å². The van der Waals surface area contributed by atoms with Crippen LogP contribution >= 0.6 is 27.5 Å². The summed E-state index contributed by atoms with van der Waals surface area (Å²) in [4.78, 5) is 22.6. The third-order valence-electron chi connectivity index (χ3n) is 1.59. The average molecular weight is 292 g/mol. The van der Waals surface area contributed by atoms with Gasteiger partial charge in [-0.05, 0) is 25.1 Å². The number of halogens is 2. The van der Waals surface area contributed by atoms with Crippen LogP contribution in [0.3, 0.4) is 0 Å². The highest BCUT2D eigenvalue weighted by Gasteiger charge is 2.18. The Bertz CT molecular complexity index is 383. The Morgan fingerprint density at radius 1 is 1.40 bits per heavy atom. The van der Waals surface area contributed by atoms with Gasteiger partial charge in [-0.15, -0.1) is 0 Å². The van der Waals surface area contributed by atoms with E-state index in [0.29, 0.717) is 9.50 Å². The Labute approximate surface area is 100 Å². The molecule has 0 bridgehead atoms. The van der Waals surface area contributed by atoms with Gasteiger partial charge in [0.15, 0.2) is 0 Å². The summed E-state index contributed by atoms with van der Waals surface area (Å²) >= 11 is 8.92. The molecule has 0 radical (unpaired) electrons. The second-order valence-electron chi connectivity index (χ2n) is 2.71. The Balaban J connectivity index is 2.96. The summed E-state index contributed by atoms with van der Waals surface area (Å²) in [7, 11) is 0. The SMILES string of the molecule is CCOC(=O)C(=O)c1cc(Cl)cc(Br)c1. The molecule has 0 saturated heterocycles. The maximum atomic E-state index is 11.5. The first kappa shape index (κ1) is 12.2. The van der Waals surface area contributed by atoms with Crippen molar-refractivity contribution < 1.29 is 14.3 Å². The molecular weight excluding hydrogens is 283 g/mol. The standard InChI is InChI=1S/C10H8BrClO3/c1-2-15-10(14)9(13)6-3-7(11)5-8(12)4-6/h3-5H,2H2,1H3. The Kier molecular flexibility index (Phi) is 4.29. The number of ketones is 1. The van der Waals surface area contributed by atoms with E-state index in [9.17, 15) is 9.59 Å². The van der Waals surface area contributed by atoms with Crippen LogP contribution in [0.1, 0.15) is 17.3 Å². The number of rotatable bonds is 3. The highest BCUT2D eigenvalue weighted by molar-refractivity contribution is 9.10. The Hall–Kier alpha value is -0.870. The van der Waals surface area contributed by atoms with Gasteiger partial charge in [0.1, 0.15) is 0 Å². The van der Waals surface area contributed by atoms with Gasteiger partial charge in [-0.25, -0.2) is 4.79 Å². The summed E-state index contributed by atoms with van der Waals surface area (Å²) in [5.74, 6) is -1.56. The largest absolute Gasteiger partial charge is 0.460 e. The van der Waals surface area contributed by atoms with E-state index in [-0.39, 0.29) is 12.2 Å². The lowest BCUT2D eigenvalue weighted by Gasteiger charge is -2.02. The fourth-order valence-electron chi connectivity index (χ4n) is 0.999. The summed E-state index contributed by atoms with van der Waals surface area (Å²) in [6.45, 7) is 1.81. The minimum atomic E-state index is -0.869. The first-order chi connectivity index (χ1) is 7.04. The van der Waals surface area contributed by atoms with Gasteiger partial charge in [0.05, 0.1) is 6.61 Å². The van der Waals surface area contributed by atoms with Crippen molar-refractivity contribution in [2.24, 2.45) is 0 Å². The number of carbonyl (C=O) groups is 2. The van der Waals surface area contributed by atoms with Gasteiger partial charge in [-0.2, -0.15) is 0 Å². The van der Waals surface area contributed by atoms with E-state index in [0.717, 1.165) is 0 Å². The zero-order chi connectivity index (χ0) is 11.4. The third-order valence-corrected chi connectivity index (χ3v) is 2.26. The molecule has 0 unspecified atom stereocenters. The van der Waals surface area contributed by atoms with Gasteiger partial charge >= 0.3 is 5.97 Å². The van der Waals surface area contributed by atoms with Crippen LogP contribution in [0.5, 0.6) is 0 Å². The molecule has 0 spiro atoms. The van der Waals surface area contributed by atoms with Crippen LogP contribution in [-0.4, -0.2) is 18.4 Å². The second-order valence-corrected chi connectivity index (χ2v) is 4.06. The Morgan fingerprint density at radius 3 is 2.60 bits per heavy atom. The van der Waals surface area contributed by atoms with Crippen molar-refractivity contribution in [3.05, 3.63) is 33.3 Å². The quantitative estimate of drug-likeness (QED) is 0.488. The summed E-state index contributed by atoms with van der Waals surface area (Å²) in [6, 6.07) is 4.57. The summed E-state index contributed by atoms with van der Waals surface area (Å²) < 4.78 is 5.23. The van der Waals surface area contributed by atoms with Crippen molar-refractivity contribution in [3.63, 3.8) is 0 Å². The van der Waals surface area contributed by atoms with Gasteiger partial charge < -0.3 is 4.74 Å². The van der Waals surface area contributed by atoms with Crippen molar-refractivity contribution in [2.45, 2.75) is 6.92 Å². The number of Topliss-reactive ketones (excluding diaryl/α,β-unsaturated/α-hetero) is 1. The monoisotopic (exact) mass is 290 g/mol. The molecule has 3 nitrogen and oxygen atoms in total. The van der Waals surface area contributed by atoms with E-state index in [4.69, 9.17) is 11.6 Å². The van der Waals surface area contributed by atoms with E-state index in [1.807, 2.05) is 0 Å². The second kappa shape index (κ2) is 5.28. The zero-order valence-electron chi connectivity index (χ0n) is 7.92. The van der Waals surface area contributed by atoms with E-state index >= 15 is 0 Å². The van der Waals surface area contributed by atoms with Gasteiger partial charge in [0.2, 0.25) is 0 Å². The predicted molar refractivity (Wildman–Crippen MR) is 60.1 cm³/mol. The van der Waals surface area contributed by atoms with Crippen molar-refractivity contribution in [1.29, 1.82) is 0 Å². The van der Waals surface area contributed by atoms with E-state index in [2.05, 4.69) is 20.7 Å². The molecule has 0 aromatic heterocycles. The average Bonchev–Trinajstić information content (AvgIpc) is 2.15. The fraction of sp³-hybridized carbons (Fsp3) is 0.200. The molecule has 0 N–H and O–H groups in total. The molecule has 1 rings (SSSR count). The number of hydrogen-bond acceptors (Lipinski definition) is 3. The number of benzene rings is 1. The minimum Gasteiger partial charge on any atom is -0.460 e. The van der Waals surface area contributed by atoms with Crippen LogP contribution < -0.4 is 0 Å². The molecule has 80 valence electrons. The number of ether oxygens (including phenoxy) is 1. The molecule has 1 aromatic rings. The topological polar surface area (TPSA) is 43.4 Å². The summed E-state index contributed by atoms with van der Waals surface area (Å²) in [5, 5.41) is 0.386. The first-order valence-electron chi connectivity index (χ1n) is 4.22. The third kappa shape index (κ3) is 3.32. The van der Waals surface area contributed by atoms with Gasteiger partial charge in [0.25, 0.3) is 5.78 Å². The van der Waals surface area contributed by atoms with Crippen LogP contribution in [0, 0.1) is 0 Å². The van der Waals surface area contributed by atoms with Crippen molar-refractivity contribution >= 4 is 39.3 Å². The number of esters is 1. The lowest BCUT2D eigenvalue weighted by atomic mass is 10.1. The fourth-order valence-corrected chi connectivity index (χ4v) is 1.86. The lowest BCUT2D eigenvalue weighted by Crippen LogP contribution is -2.17. The van der Waals surface area contributed by atoms with E-state index < -0.39 is 11.8 Å². The molecule has 0 atom stereocenters. The lowest BCUT2D eigenvalue weighted by molar-refractivity contribution is -0.137. The zero-order valence-corrected chi connectivity index (χ0v) is 10.3. The van der Waals surface area contributed by atoms with Gasteiger partial charge in [0, 0.05) is 15.1 Å². The highest BCUT2D eigenvalue weighted by atomic mass is 79.9. The highest BCUT2D eigenvalue weighted by Crippen LogP contribution is 2.20. The maximum Gasteiger partial charge on any atom is 0.379 e. The van der Waals surface area contributed by atoms with Crippen molar-refractivity contribution in [2.75, 3.05) is 6.61 Å². The molecule has 0 aliphatic rings. The first-order valence-corrected chi connectivity index (χ1v) is 5.39. The van der Waals surface area contributed by atoms with E-state index in [1.165, 1.54) is 12.1 Å². The molecule has 0 amide bonds. The smallest absolute Gasteiger partial charge is 0.379 e. The minimum absolute atomic E-state index is 0.173. The summed E-state index contributed by atoms with van der Waals surface area (Å²) in [5.41, 5.74) is 0.216. The van der Waals surface area contributed by atoms with E-state index in [1.54, 1.807) is 13.0 Å². The molecule has 1 aromatic carbocycles. The predicted octanol–water partition coefficient (Wildman–Crippen LogP) is 2.85. The molecule has 0 heterocycles. The molecule has 0 fully saturated rings. The van der Waals surface area contributed by atoms with Crippen molar-refractivity contribution in [1.82, 2.24) is 0 Å². The summed E-state index contributed by atoms with van der Waals surface area (Å²) in [6.07, 6.45) is 0. The molecule has 0 aliphatic heterocycles. The molecule has 0 aliphatic carbocycles.